The van der Waals surface area contributed by atoms with Crippen molar-refractivity contribution in [2.24, 2.45) is 0 Å². The second kappa shape index (κ2) is 15.8. The highest BCUT2D eigenvalue weighted by molar-refractivity contribution is 8.30. The van der Waals surface area contributed by atoms with Gasteiger partial charge in [-0.05, 0) is 139 Å². The summed E-state index contributed by atoms with van der Waals surface area (Å²) in [7, 11) is 0. The lowest BCUT2D eigenvalue weighted by molar-refractivity contribution is -0.137. The molecular formula is C47H41N3O5S3. The van der Waals surface area contributed by atoms with Crippen molar-refractivity contribution in [1.82, 2.24) is 9.47 Å². The van der Waals surface area contributed by atoms with E-state index < -0.39 is 18.1 Å². The highest BCUT2D eigenvalue weighted by atomic mass is 32.2. The number of aromatic nitrogens is 1. The van der Waals surface area contributed by atoms with Crippen LogP contribution in [-0.4, -0.2) is 50.0 Å². The minimum atomic E-state index is -1.16. The predicted octanol–water partition coefficient (Wildman–Crippen LogP) is 8.43. The van der Waals surface area contributed by atoms with Crippen LogP contribution in [0.1, 0.15) is 79.2 Å². The van der Waals surface area contributed by atoms with E-state index in [0.29, 0.717) is 50.0 Å². The van der Waals surface area contributed by atoms with Crippen LogP contribution in [0.25, 0.3) is 33.8 Å². The van der Waals surface area contributed by atoms with Crippen LogP contribution in [0.5, 0.6) is 5.75 Å². The van der Waals surface area contributed by atoms with Gasteiger partial charge in [-0.2, -0.15) is 0 Å². The quantitative estimate of drug-likeness (QED) is 0.103. The fraction of sp³-hybridized carbons (Fsp3) is 0.255. The first-order valence-electron chi connectivity index (χ1n) is 19.8. The number of carboxylic acids is 1. The molecule has 1 saturated carbocycles. The fourth-order valence-corrected chi connectivity index (χ4v) is 11.5. The van der Waals surface area contributed by atoms with Crippen molar-refractivity contribution in [2.75, 3.05) is 18.1 Å². The number of nitrogens with zero attached hydrogens (tertiary/aromatic N) is 3. The molecule has 58 heavy (non-hydrogen) atoms. The zero-order valence-corrected chi connectivity index (χ0v) is 34.4. The molecule has 1 amide bonds. The Balaban J connectivity index is 1.08. The van der Waals surface area contributed by atoms with Gasteiger partial charge in [-0.25, -0.2) is 0 Å². The third-order valence-electron chi connectivity index (χ3n) is 11.5. The van der Waals surface area contributed by atoms with Crippen LogP contribution in [0.3, 0.4) is 0 Å². The molecule has 3 heterocycles. The third kappa shape index (κ3) is 6.82. The van der Waals surface area contributed by atoms with Crippen molar-refractivity contribution < 1.29 is 19.4 Å². The van der Waals surface area contributed by atoms with Gasteiger partial charge < -0.3 is 14.7 Å². The lowest BCUT2D eigenvalue weighted by atomic mass is 9.96. The van der Waals surface area contributed by atoms with Gasteiger partial charge in [0.15, 0.2) is 0 Å². The first kappa shape index (κ1) is 38.3. The van der Waals surface area contributed by atoms with Crippen LogP contribution in [0, 0.1) is 6.92 Å². The summed E-state index contributed by atoms with van der Waals surface area (Å²) in [6.07, 6.45) is 9.94. The monoisotopic (exact) mass is 823 g/mol. The lowest BCUT2D eigenvalue weighted by Crippen LogP contribution is -2.35. The number of carbonyl (C=O) groups is 2. The summed E-state index contributed by atoms with van der Waals surface area (Å²) in [5.74, 6) is -0.264. The number of unbranched alkanes of at least 4 members (excludes halogenated alkanes) is 2. The standard InChI is InChI=1S/C47H41N3O5S3/c1-3-5-8-22-55-31-18-14-28(15-19-31)23-36-33-11-7-6-10-32(33)34-20-17-30(26-37(34)36)50-39-13-9-12-35(39)38-24-29(16-21-40(38)50)25-41-44(53)49(27-42(51)52)46(57-41)43-45(54)48(4-2)47(56)58-43/h1,6-7,10-11,14-21,23-26,35,39H,3-5,8-9,12-13,22,27H2,2H3,(H,51,52)/b36-23+,41-25-,46-43+. The number of amides is 1. The van der Waals surface area contributed by atoms with Crippen LogP contribution in [0.15, 0.2) is 89.7 Å². The van der Waals surface area contributed by atoms with Gasteiger partial charge >= 0.3 is 5.97 Å². The molecule has 0 spiro atoms. The molecule has 1 aromatic heterocycles. The highest BCUT2D eigenvalue weighted by Crippen LogP contribution is 2.54. The Morgan fingerprint density at radius 1 is 0.931 bits per heavy atom. The Morgan fingerprint density at radius 3 is 2.47 bits per heavy atom. The van der Waals surface area contributed by atoms with E-state index in [1.165, 1.54) is 48.5 Å². The topological polar surface area (TPSA) is 92.1 Å². The molecular weight excluding hydrogens is 783 g/mol. The number of thioether (sulfide) groups is 1. The zero-order chi connectivity index (χ0) is 40.1. The number of anilines is 2. The summed E-state index contributed by atoms with van der Waals surface area (Å²) >= 11 is 7.67. The van der Waals surface area contributed by atoms with Crippen LogP contribution < -0.4 is 24.4 Å². The summed E-state index contributed by atoms with van der Waals surface area (Å²) in [5, 5.41) is 9.69. The molecule has 2 atom stereocenters. The highest BCUT2D eigenvalue weighted by Gasteiger charge is 2.42. The lowest BCUT2D eigenvalue weighted by Gasteiger charge is -2.28. The van der Waals surface area contributed by atoms with E-state index in [4.69, 9.17) is 23.9 Å². The Kier molecular flexibility index (Phi) is 10.5. The van der Waals surface area contributed by atoms with Crippen molar-refractivity contribution >= 4 is 85.5 Å². The average molecular weight is 824 g/mol. The summed E-state index contributed by atoms with van der Waals surface area (Å²) < 4.78 is 8.22. The van der Waals surface area contributed by atoms with Crippen LogP contribution in [0.4, 0.5) is 11.4 Å². The molecule has 2 radical (unpaired) electrons. The molecule has 9 rings (SSSR count). The first-order chi connectivity index (χ1) is 28.2. The molecule has 0 bridgehead atoms. The predicted molar refractivity (Wildman–Crippen MR) is 238 cm³/mol. The second-order valence-electron chi connectivity index (χ2n) is 15.0. The SMILES string of the molecule is [CH]CCCCOc1ccc(/C=C2\c3ccccc3-c3ccc(N4c5ccc(/C=c6\s/c(=C7/SC(=S)N(CC)C7=O)n(CC(=O)O)c6=O)cc5C5CCCC54)cc32)cc1. The van der Waals surface area contributed by atoms with Crippen LogP contribution >= 0.6 is 35.3 Å². The van der Waals surface area contributed by atoms with Gasteiger partial charge in [0.25, 0.3) is 11.5 Å². The molecule has 5 aromatic rings. The molecule has 1 saturated heterocycles. The molecule has 292 valence electrons. The average Bonchev–Trinajstić information content (AvgIpc) is 4.02. The van der Waals surface area contributed by atoms with Crippen molar-refractivity contribution in [1.29, 1.82) is 0 Å². The molecule has 2 fully saturated rings. The van der Waals surface area contributed by atoms with Gasteiger partial charge in [-0.1, -0.05) is 78.9 Å². The van der Waals surface area contributed by atoms with Crippen molar-refractivity contribution in [3.05, 3.63) is 139 Å². The summed E-state index contributed by atoms with van der Waals surface area (Å²) in [5.41, 5.74) is 11.2. The van der Waals surface area contributed by atoms with Crippen LogP contribution in [0.2, 0.25) is 0 Å². The summed E-state index contributed by atoms with van der Waals surface area (Å²) in [6.45, 7) is 7.98. The number of fused-ring (bicyclic) bond motifs is 6. The van der Waals surface area contributed by atoms with E-state index in [1.807, 2.05) is 31.2 Å². The van der Waals surface area contributed by atoms with Gasteiger partial charge in [-0.15, -0.1) is 11.3 Å². The molecule has 11 heteroatoms. The van der Waals surface area contributed by atoms with Gasteiger partial charge in [0.05, 0.1) is 11.1 Å². The smallest absolute Gasteiger partial charge is 0.323 e. The molecule has 2 aliphatic carbocycles. The third-order valence-corrected chi connectivity index (χ3v) is 14.2. The van der Waals surface area contributed by atoms with E-state index >= 15 is 0 Å². The van der Waals surface area contributed by atoms with Gasteiger partial charge in [-0.3, -0.25) is 23.9 Å². The van der Waals surface area contributed by atoms with E-state index in [9.17, 15) is 19.5 Å². The molecule has 4 aromatic carbocycles. The number of hydrogen-bond acceptors (Lipinski definition) is 8. The molecule has 2 aliphatic heterocycles. The fourth-order valence-electron chi connectivity index (χ4n) is 8.88. The Labute approximate surface area is 350 Å². The van der Waals surface area contributed by atoms with Gasteiger partial charge in [0, 0.05) is 29.9 Å². The first-order valence-corrected chi connectivity index (χ1v) is 21.8. The number of carboxylic acid groups (broad SMARTS) is 1. The molecule has 8 nitrogen and oxygen atoms in total. The Bertz CT molecular complexity index is 2710. The minimum absolute atomic E-state index is 0.293. The Hall–Kier alpha value is -5.23. The largest absolute Gasteiger partial charge is 0.494 e. The number of thiocarbonyl (C=S) groups is 1. The second-order valence-corrected chi connectivity index (χ2v) is 17.7. The summed E-state index contributed by atoms with van der Waals surface area (Å²) in [4.78, 5) is 43.1. The number of thiazole rings is 1. The summed E-state index contributed by atoms with van der Waals surface area (Å²) in [6, 6.07) is 30.5. The number of aliphatic carboxylic acids is 1. The van der Waals surface area contributed by atoms with E-state index in [2.05, 4.69) is 77.7 Å². The zero-order valence-electron chi connectivity index (χ0n) is 32.0. The molecule has 2 unspecified atom stereocenters. The van der Waals surface area contributed by atoms with Crippen molar-refractivity contribution in [3.63, 3.8) is 0 Å². The molecule has 4 aliphatic rings. The molecule has 1 N–H and O–H groups in total. The van der Waals surface area contributed by atoms with Gasteiger partial charge in [0.1, 0.15) is 26.2 Å². The van der Waals surface area contributed by atoms with E-state index in [-0.39, 0.29) is 5.91 Å². The van der Waals surface area contributed by atoms with Crippen molar-refractivity contribution in [2.45, 2.75) is 64.0 Å². The maximum Gasteiger partial charge on any atom is 0.323 e. The number of hydrogen-bond donors (Lipinski definition) is 1. The number of benzene rings is 4. The Morgan fingerprint density at radius 2 is 1.71 bits per heavy atom. The number of rotatable bonds is 11. The maximum absolute atomic E-state index is 13.7. The van der Waals surface area contributed by atoms with Gasteiger partial charge in [0.2, 0.25) is 0 Å². The normalized spacial score (nSPS) is 19.9. The van der Waals surface area contributed by atoms with E-state index in [0.717, 1.165) is 77.8 Å². The number of ether oxygens (including phenoxy) is 1. The minimum Gasteiger partial charge on any atom is -0.494 e. The van der Waals surface area contributed by atoms with Crippen molar-refractivity contribution in [3.8, 4) is 16.9 Å². The maximum atomic E-state index is 13.7. The number of carbonyl (C=O) groups excluding carboxylic acids is 1. The van der Waals surface area contributed by atoms with Crippen LogP contribution in [-0.2, 0) is 16.1 Å². The van der Waals surface area contributed by atoms with E-state index in [1.54, 1.807) is 0 Å².